The van der Waals surface area contributed by atoms with Gasteiger partial charge in [0.05, 0.1) is 6.07 Å². The molecular weight excluding hydrogens is 432 g/mol. The molecule has 0 aromatic heterocycles. The van der Waals surface area contributed by atoms with E-state index in [0.717, 1.165) is 16.0 Å². The molecule has 0 heterocycles. The molecule has 0 saturated heterocycles. The van der Waals surface area contributed by atoms with Crippen LogP contribution in [0.2, 0.25) is 0 Å². The number of carbonyl (C=O) groups excluding carboxylic acids is 3. The van der Waals surface area contributed by atoms with E-state index in [9.17, 15) is 19.6 Å². The van der Waals surface area contributed by atoms with Crippen LogP contribution in [-0.4, -0.2) is 41.5 Å². The zero-order chi connectivity index (χ0) is 25.3. The minimum atomic E-state index is -1.12. The fourth-order valence-electron chi connectivity index (χ4n) is 3.21. The van der Waals surface area contributed by atoms with Crippen LogP contribution < -0.4 is 10.6 Å². The molecule has 3 amide bonds. The molecule has 0 fully saturated rings. The molecule has 2 rings (SSSR count). The summed E-state index contributed by atoms with van der Waals surface area (Å²) in [5, 5.41) is 14.7. The van der Waals surface area contributed by atoms with Gasteiger partial charge >= 0.3 is 6.09 Å². The minimum Gasteiger partial charge on any atom is -0.444 e. The fourth-order valence-corrected chi connectivity index (χ4v) is 3.21. The van der Waals surface area contributed by atoms with Gasteiger partial charge in [-0.2, -0.15) is 5.26 Å². The first-order chi connectivity index (χ1) is 16.1. The van der Waals surface area contributed by atoms with Crippen molar-refractivity contribution in [1.82, 2.24) is 10.2 Å². The molecule has 8 heteroatoms. The van der Waals surface area contributed by atoms with Crippen molar-refractivity contribution in [3.63, 3.8) is 0 Å². The normalized spacial score (nSPS) is 11.5. The summed E-state index contributed by atoms with van der Waals surface area (Å²) in [4.78, 5) is 39.7. The van der Waals surface area contributed by atoms with Gasteiger partial charge in [-0.15, -0.1) is 0 Å². The van der Waals surface area contributed by atoms with Gasteiger partial charge in [-0.25, -0.2) is 4.79 Å². The van der Waals surface area contributed by atoms with Crippen molar-refractivity contribution < 1.29 is 19.1 Å². The zero-order valence-electron chi connectivity index (χ0n) is 19.9. The number of carbonyl (C=O) groups is 3. The molecule has 2 N–H and O–H groups in total. The summed E-state index contributed by atoms with van der Waals surface area (Å²) < 4.78 is 5.17. The lowest BCUT2D eigenvalue weighted by Gasteiger charge is -2.30. The van der Waals surface area contributed by atoms with E-state index in [2.05, 4.69) is 17.2 Å². The highest BCUT2D eigenvalue weighted by atomic mass is 16.6. The highest BCUT2D eigenvalue weighted by Crippen LogP contribution is 2.25. The summed E-state index contributed by atoms with van der Waals surface area (Å²) in [5.74, 6) is -1.10. The molecule has 1 unspecified atom stereocenters. The van der Waals surface area contributed by atoms with Crippen molar-refractivity contribution in [2.75, 3.05) is 18.4 Å². The van der Waals surface area contributed by atoms with Crippen molar-refractivity contribution in [2.45, 2.75) is 39.3 Å². The molecule has 2 aromatic carbocycles. The van der Waals surface area contributed by atoms with E-state index >= 15 is 0 Å². The van der Waals surface area contributed by atoms with E-state index in [0.29, 0.717) is 11.3 Å². The molecule has 0 spiro atoms. The number of hydrogen-bond acceptors (Lipinski definition) is 5. The van der Waals surface area contributed by atoms with Crippen LogP contribution in [0.5, 0.6) is 0 Å². The Morgan fingerprint density at radius 2 is 1.88 bits per heavy atom. The molecule has 8 nitrogen and oxygen atoms in total. The van der Waals surface area contributed by atoms with Gasteiger partial charge < -0.3 is 20.3 Å². The van der Waals surface area contributed by atoms with Gasteiger partial charge in [0.1, 0.15) is 24.7 Å². The Balaban J connectivity index is 2.38. The van der Waals surface area contributed by atoms with Crippen LogP contribution in [0.15, 0.2) is 55.1 Å². The number of para-hydroxylation sites is 1. The lowest BCUT2D eigenvalue weighted by atomic mass is 10.0. The van der Waals surface area contributed by atoms with Crippen molar-refractivity contribution in [1.29, 1.82) is 5.26 Å². The lowest BCUT2D eigenvalue weighted by molar-refractivity contribution is -0.137. The molecule has 0 radical (unpaired) electrons. The first-order valence-corrected chi connectivity index (χ1v) is 10.8. The van der Waals surface area contributed by atoms with Crippen LogP contribution in [0, 0.1) is 18.3 Å². The maximum absolute atomic E-state index is 13.5. The molecule has 0 aliphatic rings. The summed E-state index contributed by atoms with van der Waals surface area (Å²) in [5.41, 5.74) is 1.96. The summed E-state index contributed by atoms with van der Waals surface area (Å²) in [6.45, 7) is 9.92. The Hall–Kier alpha value is -4.12. The summed E-state index contributed by atoms with van der Waals surface area (Å²) in [6, 6.07) is 15.1. The fraction of sp³-hybridized carbons (Fsp3) is 0.308. The first-order valence-electron chi connectivity index (χ1n) is 10.8. The third-order valence-electron chi connectivity index (χ3n) is 4.77. The number of anilines is 1. The van der Waals surface area contributed by atoms with Crippen LogP contribution in [0.4, 0.5) is 10.5 Å². The first kappa shape index (κ1) is 26.1. The van der Waals surface area contributed by atoms with Gasteiger partial charge in [0.2, 0.25) is 5.91 Å². The summed E-state index contributed by atoms with van der Waals surface area (Å²) >= 11 is 0. The Morgan fingerprint density at radius 1 is 1.18 bits per heavy atom. The number of nitrogens with zero attached hydrogens (tertiary/aromatic N) is 2. The van der Waals surface area contributed by atoms with Crippen LogP contribution >= 0.6 is 0 Å². The second kappa shape index (κ2) is 11.7. The van der Waals surface area contributed by atoms with E-state index in [1.54, 1.807) is 57.2 Å². The average molecular weight is 463 g/mol. The monoisotopic (exact) mass is 462 g/mol. The predicted octanol–water partition coefficient (Wildman–Crippen LogP) is 4.19. The molecule has 178 valence electrons. The van der Waals surface area contributed by atoms with Crippen LogP contribution in [0.25, 0.3) is 6.08 Å². The maximum Gasteiger partial charge on any atom is 0.408 e. The van der Waals surface area contributed by atoms with Gasteiger partial charge in [-0.05, 0) is 56.5 Å². The number of hydrogen-bond donors (Lipinski definition) is 2. The maximum atomic E-state index is 13.5. The average Bonchev–Trinajstić information content (AvgIpc) is 2.77. The summed E-state index contributed by atoms with van der Waals surface area (Å²) in [7, 11) is 0. The topological polar surface area (TPSA) is 112 Å². The largest absolute Gasteiger partial charge is 0.444 e. The molecule has 0 aliphatic carbocycles. The predicted molar refractivity (Wildman–Crippen MR) is 131 cm³/mol. The standard InChI is InChI=1S/C26H30N4O4/c1-6-19-11-9-12-20(16-19)23(24(32)29-21-13-8-7-10-18(21)2)30(15-14-27)22(31)17-28-25(33)34-26(3,4)5/h6-13,16,23H,1,15,17H2,2-5H3,(H,28,33)(H,29,32). The molecule has 1 atom stereocenters. The van der Waals surface area contributed by atoms with Gasteiger partial charge in [0, 0.05) is 5.69 Å². The van der Waals surface area contributed by atoms with E-state index in [4.69, 9.17) is 4.74 Å². The molecule has 34 heavy (non-hydrogen) atoms. The number of aryl methyl sites for hydroxylation is 1. The van der Waals surface area contributed by atoms with E-state index < -0.39 is 36.1 Å². The third-order valence-corrected chi connectivity index (χ3v) is 4.77. The molecular formula is C26H30N4O4. The Morgan fingerprint density at radius 3 is 2.50 bits per heavy atom. The highest BCUT2D eigenvalue weighted by molar-refractivity contribution is 5.99. The number of rotatable bonds is 8. The van der Waals surface area contributed by atoms with E-state index in [-0.39, 0.29) is 6.54 Å². The van der Waals surface area contributed by atoms with Gasteiger partial charge in [-0.1, -0.05) is 49.1 Å². The Kier molecular flexibility index (Phi) is 8.96. The summed E-state index contributed by atoms with van der Waals surface area (Å²) in [6.07, 6.45) is 0.854. The zero-order valence-corrected chi connectivity index (χ0v) is 19.9. The van der Waals surface area contributed by atoms with Crippen LogP contribution in [0.1, 0.15) is 43.5 Å². The smallest absolute Gasteiger partial charge is 0.408 e. The van der Waals surface area contributed by atoms with Crippen molar-refractivity contribution in [3.05, 3.63) is 71.8 Å². The van der Waals surface area contributed by atoms with Crippen molar-refractivity contribution in [3.8, 4) is 6.07 Å². The number of ether oxygens (including phenoxy) is 1. The van der Waals surface area contributed by atoms with Gasteiger partial charge in [0.15, 0.2) is 0 Å². The number of amides is 3. The van der Waals surface area contributed by atoms with Crippen molar-refractivity contribution in [2.24, 2.45) is 0 Å². The quantitative estimate of drug-likeness (QED) is 0.571. The van der Waals surface area contributed by atoms with Crippen LogP contribution in [-0.2, 0) is 14.3 Å². The van der Waals surface area contributed by atoms with E-state index in [1.165, 1.54) is 0 Å². The number of benzene rings is 2. The van der Waals surface area contributed by atoms with Gasteiger partial charge in [0.25, 0.3) is 5.91 Å². The number of nitrogens with one attached hydrogen (secondary N) is 2. The minimum absolute atomic E-state index is 0.362. The second-order valence-electron chi connectivity index (χ2n) is 8.62. The third kappa shape index (κ3) is 7.48. The van der Waals surface area contributed by atoms with Crippen molar-refractivity contribution >= 4 is 29.7 Å². The van der Waals surface area contributed by atoms with Crippen LogP contribution in [0.3, 0.4) is 0 Å². The number of alkyl carbamates (subject to hydrolysis) is 1. The highest BCUT2D eigenvalue weighted by Gasteiger charge is 2.32. The lowest BCUT2D eigenvalue weighted by Crippen LogP contribution is -2.46. The SMILES string of the molecule is C=Cc1cccc(C(C(=O)Nc2ccccc2C)N(CC#N)C(=O)CNC(=O)OC(C)(C)C)c1. The second-order valence-corrected chi connectivity index (χ2v) is 8.62. The molecule has 0 aliphatic heterocycles. The molecule has 2 aromatic rings. The Labute approximate surface area is 200 Å². The molecule has 0 saturated carbocycles. The van der Waals surface area contributed by atoms with E-state index in [1.807, 2.05) is 31.2 Å². The van der Waals surface area contributed by atoms with Gasteiger partial charge in [-0.3, -0.25) is 9.59 Å². The Bertz CT molecular complexity index is 1100. The number of nitriles is 1. The molecule has 0 bridgehead atoms.